The smallest absolute Gasteiger partial charge is 0.291 e. The zero-order valence-corrected chi connectivity index (χ0v) is 16.1. The lowest BCUT2D eigenvalue weighted by Gasteiger charge is -2.11. The number of carbonyl (C=O) groups excluding carboxylic acids is 2. The standard InChI is InChI=1S/C16H12Br2N4O3/c1-22-13(14(23)16(20)24)9-6-8(2-3-12(9)21-22)25-15-10(17)4-7(19)5-11(15)18/h2-6H,19H2,1H3,(H2,20,24). The number of hydrogen-bond donors (Lipinski definition) is 2. The number of ether oxygens (including phenoxy) is 1. The van der Waals surface area contributed by atoms with Crippen LogP contribution in [-0.2, 0) is 11.8 Å². The largest absolute Gasteiger partial charge is 0.455 e. The van der Waals surface area contributed by atoms with Crippen molar-refractivity contribution in [2.75, 3.05) is 5.73 Å². The number of aromatic nitrogens is 2. The van der Waals surface area contributed by atoms with E-state index in [1.165, 1.54) is 4.68 Å². The molecule has 0 aliphatic carbocycles. The van der Waals surface area contributed by atoms with Gasteiger partial charge in [-0.05, 0) is 62.2 Å². The van der Waals surface area contributed by atoms with E-state index in [1.807, 2.05) is 0 Å². The number of nitrogen functional groups attached to an aromatic ring is 1. The molecule has 9 heteroatoms. The Morgan fingerprint density at radius 1 is 1.16 bits per heavy atom. The first-order valence-electron chi connectivity index (χ1n) is 7.01. The number of rotatable bonds is 4. The molecule has 25 heavy (non-hydrogen) atoms. The lowest BCUT2D eigenvalue weighted by molar-refractivity contribution is -0.114. The molecule has 1 amide bonds. The van der Waals surface area contributed by atoms with Crippen molar-refractivity contribution in [3.63, 3.8) is 0 Å². The summed E-state index contributed by atoms with van der Waals surface area (Å²) in [4.78, 5) is 23.3. The number of hydrogen-bond acceptors (Lipinski definition) is 5. The van der Waals surface area contributed by atoms with E-state index in [4.69, 9.17) is 16.2 Å². The van der Waals surface area contributed by atoms with Gasteiger partial charge in [-0.1, -0.05) is 0 Å². The van der Waals surface area contributed by atoms with Crippen LogP contribution in [0.4, 0.5) is 5.69 Å². The van der Waals surface area contributed by atoms with Gasteiger partial charge in [0, 0.05) is 18.1 Å². The van der Waals surface area contributed by atoms with Crippen LogP contribution in [0.1, 0.15) is 10.5 Å². The number of fused-ring (bicyclic) bond motifs is 1. The summed E-state index contributed by atoms with van der Waals surface area (Å²) in [7, 11) is 1.57. The Morgan fingerprint density at radius 2 is 1.80 bits per heavy atom. The average molecular weight is 468 g/mol. The molecule has 0 aliphatic rings. The number of amides is 1. The number of halogens is 2. The van der Waals surface area contributed by atoms with Gasteiger partial charge < -0.3 is 16.2 Å². The van der Waals surface area contributed by atoms with Gasteiger partial charge in [0.05, 0.1) is 14.5 Å². The van der Waals surface area contributed by atoms with E-state index in [9.17, 15) is 9.59 Å². The Morgan fingerprint density at radius 3 is 2.40 bits per heavy atom. The molecule has 1 heterocycles. The first-order valence-corrected chi connectivity index (χ1v) is 8.59. The molecule has 0 fully saturated rings. The SMILES string of the molecule is Cn1nc2ccc(Oc3c(Br)cc(N)cc3Br)cc2c1C(=O)C(N)=O. The van der Waals surface area contributed by atoms with Crippen molar-refractivity contribution in [2.24, 2.45) is 12.8 Å². The summed E-state index contributed by atoms with van der Waals surface area (Å²) in [5.74, 6) is -0.859. The predicted octanol–water partition coefficient (Wildman–Crippen LogP) is 3.14. The minimum atomic E-state index is -1.04. The van der Waals surface area contributed by atoms with Crippen LogP contribution in [0.3, 0.4) is 0 Å². The van der Waals surface area contributed by atoms with Crippen molar-refractivity contribution in [3.05, 3.63) is 45.0 Å². The van der Waals surface area contributed by atoms with Gasteiger partial charge in [-0.2, -0.15) is 5.10 Å². The van der Waals surface area contributed by atoms with Crippen LogP contribution in [-0.4, -0.2) is 21.5 Å². The van der Waals surface area contributed by atoms with Gasteiger partial charge in [0.2, 0.25) is 0 Å². The first-order chi connectivity index (χ1) is 11.8. The summed E-state index contributed by atoms with van der Waals surface area (Å²) in [6, 6.07) is 8.47. The molecule has 4 N–H and O–H groups in total. The topological polar surface area (TPSA) is 113 Å². The summed E-state index contributed by atoms with van der Waals surface area (Å²) in [6.07, 6.45) is 0. The fourth-order valence-corrected chi connectivity index (χ4v) is 3.81. The van der Waals surface area contributed by atoms with Crippen LogP contribution in [0.15, 0.2) is 39.3 Å². The summed E-state index contributed by atoms with van der Waals surface area (Å²) in [5.41, 5.74) is 12.1. The number of anilines is 1. The molecule has 0 radical (unpaired) electrons. The predicted molar refractivity (Wildman–Crippen MR) is 101 cm³/mol. The van der Waals surface area contributed by atoms with Gasteiger partial charge in [-0.25, -0.2) is 0 Å². The van der Waals surface area contributed by atoms with Gasteiger partial charge >= 0.3 is 0 Å². The Kier molecular flexibility index (Phi) is 4.53. The first kappa shape index (κ1) is 17.4. The van der Waals surface area contributed by atoms with Crippen LogP contribution in [0.25, 0.3) is 10.9 Å². The monoisotopic (exact) mass is 466 g/mol. The molecule has 1 aromatic heterocycles. The van der Waals surface area contributed by atoms with Crippen LogP contribution in [0, 0.1) is 0 Å². The van der Waals surface area contributed by atoms with E-state index >= 15 is 0 Å². The summed E-state index contributed by atoms with van der Waals surface area (Å²) >= 11 is 6.80. The number of carbonyl (C=O) groups is 2. The van der Waals surface area contributed by atoms with Crippen molar-refractivity contribution in [3.8, 4) is 11.5 Å². The van der Waals surface area contributed by atoms with Crippen molar-refractivity contribution in [1.82, 2.24) is 9.78 Å². The highest BCUT2D eigenvalue weighted by Crippen LogP contribution is 2.39. The normalized spacial score (nSPS) is 10.8. The summed E-state index contributed by atoms with van der Waals surface area (Å²) in [5, 5.41) is 4.69. The Labute approximate surface area is 159 Å². The molecule has 7 nitrogen and oxygen atoms in total. The number of benzene rings is 2. The van der Waals surface area contributed by atoms with E-state index in [0.29, 0.717) is 37.0 Å². The van der Waals surface area contributed by atoms with Gasteiger partial charge in [-0.15, -0.1) is 0 Å². The molecule has 0 saturated carbocycles. The molecule has 128 valence electrons. The minimum Gasteiger partial charge on any atom is -0.455 e. The van der Waals surface area contributed by atoms with Crippen molar-refractivity contribution < 1.29 is 14.3 Å². The fraction of sp³-hybridized carbons (Fsp3) is 0.0625. The maximum atomic E-state index is 12.1. The van der Waals surface area contributed by atoms with Crippen LogP contribution < -0.4 is 16.2 Å². The number of primary amides is 1. The van der Waals surface area contributed by atoms with Crippen molar-refractivity contribution >= 4 is 60.1 Å². The average Bonchev–Trinajstić information content (AvgIpc) is 2.85. The van der Waals surface area contributed by atoms with Gasteiger partial charge in [0.1, 0.15) is 11.4 Å². The molecule has 0 atom stereocenters. The van der Waals surface area contributed by atoms with E-state index in [0.717, 1.165) is 0 Å². The molecular formula is C16H12Br2N4O3. The van der Waals surface area contributed by atoms with Crippen LogP contribution in [0.5, 0.6) is 11.5 Å². The van der Waals surface area contributed by atoms with E-state index in [1.54, 1.807) is 37.4 Å². The third-order valence-electron chi connectivity index (χ3n) is 3.48. The third-order valence-corrected chi connectivity index (χ3v) is 4.66. The third kappa shape index (κ3) is 3.24. The highest BCUT2D eigenvalue weighted by atomic mass is 79.9. The molecule has 0 spiro atoms. The number of Topliss-reactive ketones (excluding diaryl/α,β-unsaturated/α-hetero) is 1. The molecule has 0 aliphatic heterocycles. The molecule has 3 rings (SSSR count). The minimum absolute atomic E-state index is 0.114. The zero-order valence-electron chi connectivity index (χ0n) is 12.9. The lowest BCUT2D eigenvalue weighted by Crippen LogP contribution is -2.25. The molecule has 3 aromatic rings. The molecule has 0 bridgehead atoms. The number of ketones is 1. The van der Waals surface area contributed by atoms with Crippen LogP contribution >= 0.6 is 31.9 Å². The maximum absolute atomic E-state index is 12.1. The highest BCUT2D eigenvalue weighted by molar-refractivity contribution is 9.11. The Balaban J connectivity index is 2.09. The lowest BCUT2D eigenvalue weighted by atomic mass is 10.1. The second kappa shape index (κ2) is 6.49. The van der Waals surface area contributed by atoms with E-state index in [2.05, 4.69) is 37.0 Å². The van der Waals surface area contributed by atoms with E-state index < -0.39 is 11.7 Å². The van der Waals surface area contributed by atoms with Gasteiger partial charge in [0.15, 0.2) is 5.75 Å². The Hall–Kier alpha value is -2.39. The second-order valence-corrected chi connectivity index (χ2v) is 6.97. The maximum Gasteiger partial charge on any atom is 0.291 e. The molecule has 2 aromatic carbocycles. The highest BCUT2D eigenvalue weighted by Gasteiger charge is 2.21. The quantitative estimate of drug-likeness (QED) is 0.347. The molecule has 0 saturated heterocycles. The van der Waals surface area contributed by atoms with Crippen LogP contribution in [0.2, 0.25) is 0 Å². The number of nitrogens with two attached hydrogens (primary N) is 2. The second-order valence-electron chi connectivity index (χ2n) is 5.26. The molecule has 0 unspecified atom stereocenters. The van der Waals surface area contributed by atoms with Crippen molar-refractivity contribution in [1.29, 1.82) is 0 Å². The summed E-state index contributed by atoms with van der Waals surface area (Å²) < 4.78 is 8.56. The van der Waals surface area contributed by atoms with Gasteiger partial charge in [-0.3, -0.25) is 14.3 Å². The van der Waals surface area contributed by atoms with Crippen molar-refractivity contribution in [2.45, 2.75) is 0 Å². The molecular weight excluding hydrogens is 456 g/mol. The zero-order chi connectivity index (χ0) is 18.3. The summed E-state index contributed by atoms with van der Waals surface area (Å²) in [6.45, 7) is 0. The van der Waals surface area contributed by atoms with E-state index in [-0.39, 0.29) is 5.69 Å². The number of nitrogens with zero attached hydrogens (tertiary/aromatic N) is 2. The van der Waals surface area contributed by atoms with Gasteiger partial charge in [0.25, 0.3) is 11.7 Å². The fourth-order valence-electron chi connectivity index (χ4n) is 2.42. The number of aryl methyl sites for hydroxylation is 1. The Bertz CT molecular complexity index is 1010.